The highest BCUT2D eigenvalue weighted by atomic mass is 16.5. The first kappa shape index (κ1) is 15.2. The summed E-state index contributed by atoms with van der Waals surface area (Å²) in [5.74, 6) is 0.00755. The molecule has 1 aromatic carbocycles. The normalized spacial score (nSPS) is 17.6. The Morgan fingerprint density at radius 3 is 3.00 bits per heavy atom. The summed E-state index contributed by atoms with van der Waals surface area (Å²) in [4.78, 5) is 24.4. The van der Waals surface area contributed by atoms with Crippen LogP contribution in [0.3, 0.4) is 0 Å². The molecule has 0 radical (unpaired) electrons. The topological polar surface area (TPSA) is 78.9 Å². The molecule has 1 unspecified atom stereocenters. The number of rotatable bonds is 5. The number of carbonyl (C=O) groups is 2. The van der Waals surface area contributed by atoms with Crippen LogP contribution >= 0.6 is 0 Å². The zero-order valence-corrected chi connectivity index (χ0v) is 12.0. The Labute approximate surface area is 123 Å². The molecule has 2 amide bonds. The van der Waals surface area contributed by atoms with Crippen LogP contribution in [-0.4, -0.2) is 42.2 Å². The smallest absolute Gasteiger partial charge is 0.317 e. The van der Waals surface area contributed by atoms with Crippen molar-refractivity contribution in [2.75, 3.05) is 20.2 Å². The molecule has 1 fully saturated rings. The monoisotopic (exact) mass is 292 g/mol. The van der Waals surface area contributed by atoms with Crippen molar-refractivity contribution in [3.63, 3.8) is 0 Å². The predicted molar refractivity (Wildman–Crippen MR) is 77.2 cm³/mol. The number of ether oxygens (including phenoxy) is 1. The average Bonchev–Trinajstić information content (AvgIpc) is 2.92. The van der Waals surface area contributed by atoms with Gasteiger partial charge in [-0.2, -0.15) is 0 Å². The third-order valence-electron chi connectivity index (χ3n) is 3.61. The van der Waals surface area contributed by atoms with Gasteiger partial charge in [0.25, 0.3) is 0 Å². The first-order valence-corrected chi connectivity index (χ1v) is 6.96. The Kier molecular flexibility index (Phi) is 5.03. The molecule has 6 heteroatoms. The largest absolute Gasteiger partial charge is 0.497 e. The molecule has 0 saturated carbocycles. The number of amides is 2. The Balaban J connectivity index is 1.81. The fraction of sp³-hybridized carbons (Fsp3) is 0.467. The second kappa shape index (κ2) is 6.97. The van der Waals surface area contributed by atoms with Crippen LogP contribution in [0.2, 0.25) is 0 Å². The highest BCUT2D eigenvalue weighted by molar-refractivity contribution is 5.74. The van der Waals surface area contributed by atoms with Crippen LogP contribution in [0.25, 0.3) is 0 Å². The van der Waals surface area contributed by atoms with E-state index in [4.69, 9.17) is 9.84 Å². The van der Waals surface area contributed by atoms with Gasteiger partial charge in [-0.15, -0.1) is 0 Å². The number of hydrogen-bond donors (Lipinski definition) is 2. The number of nitrogens with zero attached hydrogens (tertiary/aromatic N) is 1. The van der Waals surface area contributed by atoms with E-state index in [9.17, 15) is 9.59 Å². The number of methoxy groups -OCH3 is 1. The van der Waals surface area contributed by atoms with E-state index in [1.807, 2.05) is 24.3 Å². The first-order valence-electron chi connectivity index (χ1n) is 6.96. The third-order valence-corrected chi connectivity index (χ3v) is 3.61. The summed E-state index contributed by atoms with van der Waals surface area (Å²) in [6.07, 6.45) is 0.874. The van der Waals surface area contributed by atoms with E-state index in [1.54, 1.807) is 12.0 Å². The summed E-state index contributed by atoms with van der Waals surface area (Å²) in [6.45, 7) is 1.55. The van der Waals surface area contributed by atoms with Gasteiger partial charge in [0.05, 0.1) is 7.11 Å². The van der Waals surface area contributed by atoms with Crippen LogP contribution in [-0.2, 0) is 11.3 Å². The molecule has 2 rings (SSSR count). The molecule has 0 bridgehead atoms. The van der Waals surface area contributed by atoms with Gasteiger partial charge < -0.3 is 20.1 Å². The van der Waals surface area contributed by atoms with E-state index in [-0.39, 0.29) is 18.4 Å². The van der Waals surface area contributed by atoms with E-state index >= 15 is 0 Å². The van der Waals surface area contributed by atoms with Gasteiger partial charge in [-0.3, -0.25) is 4.79 Å². The van der Waals surface area contributed by atoms with Crippen molar-refractivity contribution in [3.05, 3.63) is 29.8 Å². The van der Waals surface area contributed by atoms with Crippen LogP contribution in [0, 0.1) is 5.92 Å². The average molecular weight is 292 g/mol. The maximum atomic E-state index is 12.0. The van der Waals surface area contributed by atoms with Crippen LogP contribution < -0.4 is 10.1 Å². The molecule has 1 aliphatic rings. The molecule has 1 saturated heterocycles. The highest BCUT2D eigenvalue weighted by Crippen LogP contribution is 2.19. The van der Waals surface area contributed by atoms with Gasteiger partial charge in [0.15, 0.2) is 0 Å². The molecular weight excluding hydrogens is 272 g/mol. The number of nitrogens with one attached hydrogen (secondary N) is 1. The van der Waals surface area contributed by atoms with Crippen molar-refractivity contribution in [1.29, 1.82) is 0 Å². The third kappa shape index (κ3) is 4.37. The Bertz CT molecular complexity index is 518. The standard InChI is InChI=1S/C15H20N2O4/c1-21-13-4-2-3-11(7-13)9-16-15(20)17-6-5-12(10-17)8-14(18)19/h2-4,7,12H,5-6,8-10H2,1H3,(H,16,20)(H,18,19). The lowest BCUT2D eigenvalue weighted by Gasteiger charge is -2.17. The van der Waals surface area contributed by atoms with E-state index < -0.39 is 5.97 Å². The van der Waals surface area contributed by atoms with Gasteiger partial charge in [0.2, 0.25) is 0 Å². The van der Waals surface area contributed by atoms with Crippen molar-refractivity contribution >= 4 is 12.0 Å². The molecule has 6 nitrogen and oxygen atoms in total. The van der Waals surface area contributed by atoms with Gasteiger partial charge in [0.1, 0.15) is 5.75 Å². The lowest BCUT2D eigenvalue weighted by molar-refractivity contribution is -0.138. The minimum atomic E-state index is -0.807. The highest BCUT2D eigenvalue weighted by Gasteiger charge is 2.27. The van der Waals surface area contributed by atoms with Gasteiger partial charge in [-0.25, -0.2) is 4.79 Å². The zero-order valence-electron chi connectivity index (χ0n) is 12.0. The Morgan fingerprint density at radius 1 is 1.48 bits per heavy atom. The quantitative estimate of drug-likeness (QED) is 0.866. The molecule has 1 aromatic rings. The molecule has 21 heavy (non-hydrogen) atoms. The summed E-state index contributed by atoms with van der Waals surface area (Å²) in [6, 6.07) is 7.37. The maximum absolute atomic E-state index is 12.0. The van der Waals surface area contributed by atoms with Crippen molar-refractivity contribution in [2.45, 2.75) is 19.4 Å². The van der Waals surface area contributed by atoms with Crippen molar-refractivity contribution in [3.8, 4) is 5.75 Å². The molecule has 0 aromatic heterocycles. The van der Waals surface area contributed by atoms with Crippen LogP contribution in [0.1, 0.15) is 18.4 Å². The molecule has 1 heterocycles. The zero-order chi connectivity index (χ0) is 15.2. The molecule has 1 aliphatic heterocycles. The van der Waals surface area contributed by atoms with Gasteiger partial charge in [-0.05, 0) is 30.0 Å². The summed E-state index contributed by atoms with van der Waals surface area (Å²) in [7, 11) is 1.60. The molecule has 2 N–H and O–H groups in total. The number of carboxylic acid groups (broad SMARTS) is 1. The Morgan fingerprint density at radius 2 is 2.29 bits per heavy atom. The number of aliphatic carboxylic acids is 1. The molecule has 1 atom stereocenters. The number of carboxylic acids is 1. The van der Waals surface area contributed by atoms with Crippen LogP contribution in [0.4, 0.5) is 4.79 Å². The molecule has 0 aliphatic carbocycles. The molecule has 114 valence electrons. The fourth-order valence-electron chi connectivity index (χ4n) is 2.50. The number of benzene rings is 1. The fourth-order valence-corrected chi connectivity index (χ4v) is 2.50. The first-order chi connectivity index (χ1) is 10.1. The molecular formula is C15H20N2O4. The van der Waals surface area contributed by atoms with Crippen LogP contribution in [0.5, 0.6) is 5.75 Å². The van der Waals surface area contributed by atoms with Gasteiger partial charge in [-0.1, -0.05) is 12.1 Å². The summed E-state index contributed by atoms with van der Waals surface area (Å²) in [5.41, 5.74) is 0.962. The van der Waals surface area contributed by atoms with E-state index in [1.165, 1.54) is 0 Å². The lowest BCUT2D eigenvalue weighted by atomic mass is 10.1. The van der Waals surface area contributed by atoms with Crippen LogP contribution in [0.15, 0.2) is 24.3 Å². The number of urea groups is 1. The minimum Gasteiger partial charge on any atom is -0.497 e. The second-order valence-electron chi connectivity index (χ2n) is 5.21. The summed E-state index contributed by atoms with van der Waals surface area (Å²) >= 11 is 0. The Hall–Kier alpha value is -2.24. The molecule has 0 spiro atoms. The maximum Gasteiger partial charge on any atom is 0.317 e. The van der Waals surface area contributed by atoms with Crippen molar-refractivity contribution in [2.24, 2.45) is 5.92 Å². The minimum absolute atomic E-state index is 0.0602. The predicted octanol–water partition coefficient (Wildman–Crippen LogP) is 1.70. The van der Waals surface area contributed by atoms with Crippen molar-refractivity contribution in [1.82, 2.24) is 10.2 Å². The summed E-state index contributed by atoms with van der Waals surface area (Å²) < 4.78 is 5.13. The van der Waals surface area contributed by atoms with Gasteiger partial charge >= 0.3 is 12.0 Å². The number of likely N-dealkylation sites (tertiary alicyclic amines) is 1. The summed E-state index contributed by atoms with van der Waals surface area (Å²) in [5, 5.41) is 11.6. The SMILES string of the molecule is COc1cccc(CNC(=O)N2CCC(CC(=O)O)C2)c1. The lowest BCUT2D eigenvalue weighted by Crippen LogP contribution is -2.38. The van der Waals surface area contributed by atoms with E-state index in [0.717, 1.165) is 17.7 Å². The van der Waals surface area contributed by atoms with E-state index in [2.05, 4.69) is 5.32 Å². The second-order valence-corrected chi connectivity index (χ2v) is 5.21. The number of carbonyl (C=O) groups excluding carboxylic acids is 1. The van der Waals surface area contributed by atoms with Gasteiger partial charge in [0, 0.05) is 26.1 Å². The van der Waals surface area contributed by atoms with Crippen molar-refractivity contribution < 1.29 is 19.4 Å². The number of hydrogen-bond acceptors (Lipinski definition) is 3. The van der Waals surface area contributed by atoms with E-state index in [0.29, 0.717) is 19.6 Å².